The Hall–Kier alpha value is -7.39. The van der Waals surface area contributed by atoms with E-state index in [0.717, 1.165) is 17.1 Å². The highest BCUT2D eigenvalue weighted by atomic mass is 32.2. The number of nitrogens with zero attached hydrogens (tertiary/aromatic N) is 1. The quantitative estimate of drug-likeness (QED) is 0.165. The van der Waals surface area contributed by atoms with Crippen molar-refractivity contribution < 1.29 is 0 Å². The van der Waals surface area contributed by atoms with Crippen molar-refractivity contribution in [1.82, 2.24) is 0 Å². The van der Waals surface area contributed by atoms with Crippen LogP contribution in [0.25, 0.3) is 55.3 Å². The summed E-state index contributed by atoms with van der Waals surface area (Å²) in [5.74, 6) is 0. The first-order chi connectivity index (χ1) is 30.3. The Balaban J connectivity index is 1.12. The first-order valence-electron chi connectivity index (χ1n) is 21.0. The van der Waals surface area contributed by atoms with Gasteiger partial charge in [-0.2, -0.15) is 0 Å². The van der Waals surface area contributed by atoms with Gasteiger partial charge in [-0.05, 0) is 115 Å². The minimum absolute atomic E-state index is 0.435. The maximum atomic E-state index is 2.50. The number of hydrogen-bond acceptors (Lipinski definition) is 2. The average Bonchev–Trinajstić information content (AvgIpc) is 3.63. The van der Waals surface area contributed by atoms with E-state index < -0.39 is 5.41 Å². The molecular formula is C59H39NS. The van der Waals surface area contributed by atoms with Crippen LogP contribution in [0.4, 0.5) is 17.1 Å². The molecule has 12 rings (SSSR count). The van der Waals surface area contributed by atoms with E-state index in [1.54, 1.807) is 0 Å². The number of hydrogen-bond donors (Lipinski definition) is 0. The summed E-state index contributed by atoms with van der Waals surface area (Å²) in [6.45, 7) is 0. The van der Waals surface area contributed by atoms with E-state index in [0.29, 0.717) is 0 Å². The maximum absolute atomic E-state index is 2.50. The summed E-state index contributed by atoms with van der Waals surface area (Å²) < 4.78 is 0. The van der Waals surface area contributed by atoms with Crippen LogP contribution in [0.2, 0.25) is 0 Å². The monoisotopic (exact) mass is 793 g/mol. The second-order valence-electron chi connectivity index (χ2n) is 16.0. The van der Waals surface area contributed by atoms with Crippen LogP contribution in [0, 0.1) is 0 Å². The molecule has 0 N–H and O–H groups in total. The molecule has 1 aliphatic carbocycles. The van der Waals surface area contributed by atoms with Crippen molar-refractivity contribution in [3.63, 3.8) is 0 Å². The van der Waals surface area contributed by atoms with Crippen LogP contribution < -0.4 is 4.90 Å². The highest BCUT2D eigenvalue weighted by Gasteiger charge is 2.50. The van der Waals surface area contributed by atoms with Gasteiger partial charge in [0, 0.05) is 26.4 Å². The van der Waals surface area contributed by atoms with Crippen molar-refractivity contribution in [3.05, 3.63) is 259 Å². The molecule has 1 spiro atoms. The van der Waals surface area contributed by atoms with Crippen LogP contribution in [0.3, 0.4) is 0 Å². The average molecular weight is 794 g/mol. The number of fused-ring (bicyclic) bond motifs is 10. The fourth-order valence-corrected chi connectivity index (χ4v) is 11.3. The van der Waals surface area contributed by atoms with Crippen molar-refractivity contribution >= 4 is 39.6 Å². The Bertz CT molecular complexity index is 3220. The zero-order valence-corrected chi connectivity index (χ0v) is 34.2. The van der Waals surface area contributed by atoms with Gasteiger partial charge >= 0.3 is 0 Å². The van der Waals surface area contributed by atoms with Gasteiger partial charge in [0.1, 0.15) is 0 Å². The van der Waals surface area contributed by atoms with E-state index >= 15 is 0 Å². The van der Waals surface area contributed by atoms with E-state index in [1.165, 1.54) is 87.3 Å². The van der Waals surface area contributed by atoms with Crippen LogP contribution in [0.5, 0.6) is 0 Å². The Morgan fingerprint density at radius 2 is 0.852 bits per heavy atom. The minimum Gasteiger partial charge on any atom is -0.309 e. The second kappa shape index (κ2) is 14.4. The summed E-state index contributed by atoms with van der Waals surface area (Å²) in [6.07, 6.45) is 0. The summed E-state index contributed by atoms with van der Waals surface area (Å²) in [5.41, 5.74) is 18.1. The lowest BCUT2D eigenvalue weighted by Crippen LogP contribution is -2.32. The van der Waals surface area contributed by atoms with Gasteiger partial charge < -0.3 is 4.90 Å². The smallest absolute Gasteiger partial charge is 0.0735 e. The molecule has 0 saturated heterocycles. The zero-order valence-electron chi connectivity index (χ0n) is 33.4. The third-order valence-corrected chi connectivity index (χ3v) is 13.9. The summed E-state index contributed by atoms with van der Waals surface area (Å²) in [7, 11) is 0. The second-order valence-corrected chi connectivity index (χ2v) is 17.1. The molecule has 10 aromatic rings. The highest BCUT2D eigenvalue weighted by molar-refractivity contribution is 7.99. The number of rotatable bonds is 6. The molecule has 0 radical (unpaired) electrons. The van der Waals surface area contributed by atoms with Crippen LogP contribution in [-0.4, -0.2) is 0 Å². The van der Waals surface area contributed by atoms with Gasteiger partial charge in [-0.15, -0.1) is 0 Å². The molecule has 1 aliphatic heterocycles. The van der Waals surface area contributed by atoms with Crippen molar-refractivity contribution in [2.75, 3.05) is 4.90 Å². The van der Waals surface area contributed by atoms with E-state index in [4.69, 9.17) is 0 Å². The third kappa shape index (κ3) is 5.64. The topological polar surface area (TPSA) is 3.24 Å². The van der Waals surface area contributed by atoms with Crippen molar-refractivity contribution in [2.45, 2.75) is 15.2 Å². The SMILES string of the molecule is c1ccc(-c2ccc(N(c3ccc(-c4ccccc4)cc3-c3ccccc3)c3cccc4cc5c(cc34)Sc3ccccc3C53c4ccccc4-c4ccccc43)cc2)cc1. The van der Waals surface area contributed by atoms with Crippen LogP contribution in [0.15, 0.2) is 246 Å². The van der Waals surface area contributed by atoms with Gasteiger partial charge in [0.25, 0.3) is 0 Å². The van der Waals surface area contributed by atoms with E-state index in [1.807, 2.05) is 11.8 Å². The molecule has 1 heterocycles. The molecule has 286 valence electrons. The summed E-state index contributed by atoms with van der Waals surface area (Å²) in [4.78, 5) is 5.07. The molecule has 1 nitrogen and oxygen atoms in total. The van der Waals surface area contributed by atoms with Crippen LogP contribution in [-0.2, 0) is 5.41 Å². The first kappa shape index (κ1) is 35.5. The molecule has 0 atom stereocenters. The molecule has 0 unspecified atom stereocenters. The van der Waals surface area contributed by atoms with Crippen LogP contribution in [0.1, 0.15) is 22.3 Å². The van der Waals surface area contributed by atoms with Gasteiger partial charge in [-0.3, -0.25) is 0 Å². The molecule has 0 bridgehead atoms. The Morgan fingerprint density at radius 1 is 0.311 bits per heavy atom. The molecule has 2 heteroatoms. The summed E-state index contributed by atoms with van der Waals surface area (Å²) >= 11 is 1.90. The van der Waals surface area contributed by atoms with Gasteiger partial charge in [-0.25, -0.2) is 0 Å². The molecule has 61 heavy (non-hydrogen) atoms. The van der Waals surface area contributed by atoms with E-state index in [9.17, 15) is 0 Å². The highest BCUT2D eigenvalue weighted by Crippen LogP contribution is 2.63. The van der Waals surface area contributed by atoms with Crippen molar-refractivity contribution in [2.24, 2.45) is 0 Å². The van der Waals surface area contributed by atoms with Gasteiger partial charge in [0.05, 0.1) is 16.8 Å². The third-order valence-electron chi connectivity index (χ3n) is 12.7. The normalized spacial score (nSPS) is 13.0. The predicted octanol–water partition coefficient (Wildman–Crippen LogP) is 16.1. The van der Waals surface area contributed by atoms with Gasteiger partial charge in [0.2, 0.25) is 0 Å². The Morgan fingerprint density at radius 3 is 1.52 bits per heavy atom. The molecule has 0 fully saturated rings. The van der Waals surface area contributed by atoms with Crippen LogP contribution >= 0.6 is 11.8 Å². The summed E-state index contributed by atoms with van der Waals surface area (Å²) in [5, 5.41) is 2.42. The largest absolute Gasteiger partial charge is 0.309 e. The van der Waals surface area contributed by atoms with E-state index in [-0.39, 0.29) is 0 Å². The summed E-state index contributed by atoms with van der Waals surface area (Å²) in [6, 6.07) is 87.3. The first-order valence-corrected chi connectivity index (χ1v) is 21.8. The molecule has 10 aromatic carbocycles. The number of anilines is 3. The lowest BCUT2D eigenvalue weighted by Gasteiger charge is -2.40. The fraction of sp³-hybridized carbons (Fsp3) is 0.0169. The van der Waals surface area contributed by atoms with Gasteiger partial charge in [0.15, 0.2) is 0 Å². The predicted molar refractivity (Wildman–Crippen MR) is 256 cm³/mol. The fourth-order valence-electron chi connectivity index (χ4n) is 10.0. The molecule has 0 saturated carbocycles. The molecule has 0 aromatic heterocycles. The van der Waals surface area contributed by atoms with Crippen molar-refractivity contribution in [3.8, 4) is 44.5 Å². The molecule has 0 amide bonds. The van der Waals surface area contributed by atoms with E-state index in [2.05, 4.69) is 241 Å². The Kier molecular flexibility index (Phi) is 8.40. The minimum atomic E-state index is -0.435. The van der Waals surface area contributed by atoms with Crippen molar-refractivity contribution in [1.29, 1.82) is 0 Å². The lowest BCUT2D eigenvalue weighted by atomic mass is 9.67. The lowest BCUT2D eigenvalue weighted by molar-refractivity contribution is 0.724. The Labute approximate surface area is 361 Å². The molecule has 2 aliphatic rings. The standard InChI is InChI=1S/C59H39NS/c1-4-17-40(18-5-1)42-31-34-46(35-32-42)60(56-36-33-44(41-19-6-2-7-20-41)37-49(56)43-21-8-3-9-22-43)55-29-16-23-45-38-54-58(39-50(45)55)61-57-30-15-14-28-53(57)59(54)51-26-12-10-24-47(51)48-25-11-13-27-52(48)59/h1-39H. The molecular weight excluding hydrogens is 755 g/mol. The zero-order chi connectivity index (χ0) is 40.3. The van der Waals surface area contributed by atoms with Gasteiger partial charge in [-0.1, -0.05) is 200 Å². The maximum Gasteiger partial charge on any atom is 0.0735 e. The number of benzene rings is 10.